The maximum atomic E-state index is 12.8. The summed E-state index contributed by atoms with van der Waals surface area (Å²) < 4.78 is 10.7. The third-order valence-electron chi connectivity index (χ3n) is 5.96. The van der Waals surface area contributed by atoms with Gasteiger partial charge in [0.15, 0.2) is 0 Å². The predicted octanol–water partition coefficient (Wildman–Crippen LogP) is 3.73. The van der Waals surface area contributed by atoms with E-state index in [0.29, 0.717) is 48.0 Å². The molecule has 1 aromatic carbocycles. The van der Waals surface area contributed by atoms with E-state index in [1.807, 2.05) is 30.3 Å². The number of ether oxygens (including phenoxy) is 2. The molecule has 180 valence electrons. The number of fused-ring (bicyclic) bond motifs is 1. The Morgan fingerprint density at radius 2 is 2.11 bits per heavy atom. The molecule has 0 aliphatic carbocycles. The average molecular weight is 491 g/mol. The lowest BCUT2D eigenvalue weighted by Crippen LogP contribution is -2.36. The number of aryl methyl sites for hydroxylation is 1. The van der Waals surface area contributed by atoms with Crippen LogP contribution in [0.15, 0.2) is 42.7 Å². The highest BCUT2D eigenvalue weighted by Crippen LogP contribution is 2.37. The van der Waals surface area contributed by atoms with E-state index in [1.165, 1.54) is 11.3 Å². The first-order valence-corrected chi connectivity index (χ1v) is 12.1. The van der Waals surface area contributed by atoms with Crippen LogP contribution in [0.5, 0.6) is 11.5 Å². The Bertz CT molecular complexity index is 1270. The molecule has 0 spiro atoms. The van der Waals surface area contributed by atoms with Gasteiger partial charge in [0.2, 0.25) is 11.8 Å². The Morgan fingerprint density at radius 1 is 1.26 bits per heavy atom. The van der Waals surface area contributed by atoms with Crippen LogP contribution < -0.4 is 14.8 Å². The highest BCUT2D eigenvalue weighted by Gasteiger charge is 2.27. The fourth-order valence-corrected chi connectivity index (χ4v) is 5.36. The molecular formula is C26H26N4O4S. The van der Waals surface area contributed by atoms with Crippen LogP contribution in [0.4, 0.5) is 5.00 Å². The quantitative estimate of drug-likeness (QED) is 0.516. The number of amides is 2. The number of rotatable bonds is 8. The zero-order valence-electron chi connectivity index (χ0n) is 19.7. The molecule has 9 heteroatoms. The van der Waals surface area contributed by atoms with Crippen molar-refractivity contribution in [1.82, 2.24) is 9.88 Å². The van der Waals surface area contributed by atoms with Gasteiger partial charge in [-0.25, -0.2) is 0 Å². The Kier molecular flexibility index (Phi) is 7.63. The fraction of sp³-hybridized carbons (Fsp3) is 0.308. The van der Waals surface area contributed by atoms with Gasteiger partial charge in [0.1, 0.15) is 22.6 Å². The molecule has 2 amide bonds. The molecule has 1 aliphatic heterocycles. The number of anilines is 1. The van der Waals surface area contributed by atoms with Crippen molar-refractivity contribution in [3.05, 3.63) is 69.9 Å². The van der Waals surface area contributed by atoms with Crippen LogP contribution in [0.3, 0.4) is 0 Å². The fourth-order valence-electron chi connectivity index (χ4n) is 4.13. The summed E-state index contributed by atoms with van der Waals surface area (Å²) in [5.74, 6) is 1.23. The number of nitrogens with one attached hydrogen (secondary N) is 1. The minimum absolute atomic E-state index is 0.0216. The van der Waals surface area contributed by atoms with Gasteiger partial charge in [0, 0.05) is 30.2 Å². The summed E-state index contributed by atoms with van der Waals surface area (Å²) in [5.41, 5.74) is 3.16. The summed E-state index contributed by atoms with van der Waals surface area (Å²) in [6.45, 7) is 0.977. The van der Waals surface area contributed by atoms with Gasteiger partial charge in [-0.05, 0) is 53.8 Å². The Morgan fingerprint density at radius 3 is 2.83 bits per heavy atom. The molecule has 0 atom stereocenters. The summed E-state index contributed by atoms with van der Waals surface area (Å²) in [5, 5.41) is 13.2. The van der Waals surface area contributed by atoms with E-state index >= 15 is 0 Å². The Balaban J connectivity index is 1.42. The molecule has 2 aromatic heterocycles. The van der Waals surface area contributed by atoms with Crippen LogP contribution in [-0.2, 0) is 35.4 Å². The monoisotopic (exact) mass is 490 g/mol. The van der Waals surface area contributed by atoms with Crippen LogP contribution in [-0.4, -0.2) is 42.5 Å². The molecule has 0 radical (unpaired) electrons. The summed E-state index contributed by atoms with van der Waals surface area (Å²) in [4.78, 5) is 32.3. The van der Waals surface area contributed by atoms with Gasteiger partial charge in [-0.3, -0.25) is 14.6 Å². The molecular weight excluding hydrogens is 464 g/mol. The van der Waals surface area contributed by atoms with Crippen molar-refractivity contribution in [2.24, 2.45) is 0 Å². The number of methoxy groups -OCH3 is 2. The summed E-state index contributed by atoms with van der Waals surface area (Å²) >= 11 is 1.37. The number of thiophene rings is 1. The molecule has 0 saturated carbocycles. The maximum Gasteiger partial charge on any atom is 0.227 e. The van der Waals surface area contributed by atoms with Gasteiger partial charge in [-0.1, -0.05) is 6.07 Å². The highest BCUT2D eigenvalue weighted by atomic mass is 32.1. The van der Waals surface area contributed by atoms with E-state index in [9.17, 15) is 14.9 Å². The largest absolute Gasteiger partial charge is 0.497 e. The summed E-state index contributed by atoms with van der Waals surface area (Å²) in [6, 6.07) is 11.4. The van der Waals surface area contributed by atoms with Gasteiger partial charge in [0.25, 0.3) is 0 Å². The van der Waals surface area contributed by atoms with Crippen molar-refractivity contribution in [2.75, 3.05) is 26.1 Å². The molecule has 4 rings (SSSR count). The number of hydrogen-bond donors (Lipinski definition) is 1. The first-order chi connectivity index (χ1) is 17.0. The standard InChI is InChI=1S/C26H26N4O4S/c1-33-19-6-7-22(34-2)18(13-19)5-8-24(31)29-26-21(14-27)20-9-11-30(16-23(20)35-26)25(32)12-17-4-3-10-28-15-17/h3-4,6-7,10,13,15H,5,8-9,11-12,16H2,1-2H3,(H,29,31). The molecule has 0 saturated heterocycles. The molecule has 8 nitrogen and oxygen atoms in total. The van der Waals surface area contributed by atoms with E-state index in [4.69, 9.17) is 9.47 Å². The van der Waals surface area contributed by atoms with Gasteiger partial charge in [0.05, 0.1) is 32.7 Å². The molecule has 35 heavy (non-hydrogen) atoms. The average Bonchev–Trinajstić information content (AvgIpc) is 3.23. The third-order valence-corrected chi connectivity index (χ3v) is 7.09. The number of carbonyl (C=O) groups is 2. The lowest BCUT2D eigenvalue weighted by Gasteiger charge is -2.27. The number of pyridine rings is 1. The number of aromatic nitrogens is 1. The number of hydrogen-bond acceptors (Lipinski definition) is 7. The van der Waals surface area contributed by atoms with Crippen molar-refractivity contribution in [3.8, 4) is 17.6 Å². The first-order valence-electron chi connectivity index (χ1n) is 11.2. The van der Waals surface area contributed by atoms with Gasteiger partial charge >= 0.3 is 0 Å². The summed E-state index contributed by atoms with van der Waals surface area (Å²) in [6.07, 6.45) is 4.95. The zero-order valence-corrected chi connectivity index (χ0v) is 20.5. The molecule has 0 fully saturated rings. The first kappa shape index (κ1) is 24.2. The lowest BCUT2D eigenvalue weighted by molar-refractivity contribution is -0.131. The Hall–Kier alpha value is -3.90. The van der Waals surface area contributed by atoms with Crippen molar-refractivity contribution >= 4 is 28.2 Å². The summed E-state index contributed by atoms with van der Waals surface area (Å²) in [7, 11) is 3.18. The molecule has 3 aromatic rings. The minimum atomic E-state index is -0.186. The maximum absolute atomic E-state index is 12.8. The van der Waals surface area contributed by atoms with Crippen molar-refractivity contribution in [2.45, 2.75) is 32.2 Å². The second-order valence-corrected chi connectivity index (χ2v) is 9.25. The van der Waals surface area contributed by atoms with E-state index in [1.54, 1.807) is 31.5 Å². The highest BCUT2D eigenvalue weighted by molar-refractivity contribution is 7.16. The van der Waals surface area contributed by atoms with Crippen LogP contribution in [0.1, 0.15) is 33.6 Å². The predicted molar refractivity (Wildman–Crippen MR) is 133 cm³/mol. The van der Waals surface area contributed by atoms with Crippen LogP contribution in [0, 0.1) is 11.3 Å². The van der Waals surface area contributed by atoms with Crippen molar-refractivity contribution < 1.29 is 19.1 Å². The topological polar surface area (TPSA) is 105 Å². The second kappa shape index (κ2) is 11.0. The molecule has 3 heterocycles. The lowest BCUT2D eigenvalue weighted by atomic mass is 10.0. The van der Waals surface area contributed by atoms with Crippen LogP contribution in [0.25, 0.3) is 0 Å². The van der Waals surface area contributed by atoms with Crippen LogP contribution in [0.2, 0.25) is 0 Å². The third kappa shape index (κ3) is 5.61. The van der Waals surface area contributed by atoms with E-state index in [2.05, 4.69) is 16.4 Å². The molecule has 1 aliphatic rings. The Labute approximate surface area is 208 Å². The van der Waals surface area contributed by atoms with Crippen LogP contribution >= 0.6 is 11.3 Å². The second-order valence-electron chi connectivity index (χ2n) is 8.15. The van der Waals surface area contributed by atoms with Crippen molar-refractivity contribution in [3.63, 3.8) is 0 Å². The van der Waals surface area contributed by atoms with Gasteiger partial charge in [-0.2, -0.15) is 5.26 Å². The minimum Gasteiger partial charge on any atom is -0.497 e. The SMILES string of the molecule is COc1ccc(OC)c(CCC(=O)Nc2sc3c(c2C#N)CCN(C(=O)Cc2cccnc2)C3)c1. The van der Waals surface area contributed by atoms with E-state index in [0.717, 1.165) is 21.6 Å². The van der Waals surface area contributed by atoms with Gasteiger partial charge < -0.3 is 19.7 Å². The molecule has 0 bridgehead atoms. The smallest absolute Gasteiger partial charge is 0.227 e. The number of carbonyl (C=O) groups excluding carboxylic acids is 2. The zero-order chi connectivity index (χ0) is 24.8. The normalized spacial score (nSPS) is 12.4. The van der Waals surface area contributed by atoms with E-state index in [-0.39, 0.29) is 24.7 Å². The number of benzene rings is 1. The number of nitriles is 1. The molecule has 1 N–H and O–H groups in total. The number of nitrogens with zero attached hydrogens (tertiary/aromatic N) is 3. The van der Waals surface area contributed by atoms with E-state index < -0.39 is 0 Å². The molecule has 0 unspecified atom stereocenters. The van der Waals surface area contributed by atoms with Gasteiger partial charge in [-0.15, -0.1) is 11.3 Å². The van der Waals surface area contributed by atoms with Crippen molar-refractivity contribution in [1.29, 1.82) is 5.26 Å².